The van der Waals surface area contributed by atoms with Crippen LogP contribution in [-0.4, -0.2) is 28.4 Å². The molecule has 1 aliphatic heterocycles. The van der Waals surface area contributed by atoms with E-state index in [4.69, 9.17) is 0 Å². The van der Waals surface area contributed by atoms with E-state index in [0.29, 0.717) is 21.1 Å². The zero-order valence-electron chi connectivity index (χ0n) is 14.1. The normalized spacial score (nSPS) is 18.4. The molecule has 1 atom stereocenters. The Morgan fingerprint density at radius 2 is 1.92 bits per heavy atom. The summed E-state index contributed by atoms with van der Waals surface area (Å²) in [5.41, 5.74) is 0.525. The third-order valence-corrected chi connectivity index (χ3v) is 5.71. The topological polar surface area (TPSA) is 33.2 Å². The molecule has 134 valence electrons. The number of benzene rings is 1. The van der Waals surface area contributed by atoms with Gasteiger partial charge in [-0.25, -0.2) is 4.98 Å². The Kier molecular flexibility index (Phi) is 4.86. The number of aromatic nitrogens is 1. The highest BCUT2D eigenvalue weighted by Gasteiger charge is 2.30. The lowest BCUT2D eigenvalue weighted by atomic mass is 10.0. The van der Waals surface area contributed by atoms with E-state index in [2.05, 4.69) is 4.98 Å². The van der Waals surface area contributed by atoms with Gasteiger partial charge >= 0.3 is 6.18 Å². The summed E-state index contributed by atoms with van der Waals surface area (Å²) >= 11 is 1.25. The second kappa shape index (κ2) is 6.78. The average molecular weight is 368 g/mol. The van der Waals surface area contributed by atoms with Gasteiger partial charge in [0.2, 0.25) is 0 Å². The summed E-state index contributed by atoms with van der Waals surface area (Å²) in [6.45, 7) is 4.56. The maximum atomic E-state index is 12.8. The third-order valence-electron chi connectivity index (χ3n) is 4.51. The summed E-state index contributed by atoms with van der Waals surface area (Å²) in [7, 11) is 0. The molecular weight excluding hydrogens is 349 g/mol. The van der Waals surface area contributed by atoms with Gasteiger partial charge in [-0.15, -0.1) is 11.3 Å². The van der Waals surface area contributed by atoms with Gasteiger partial charge in [-0.3, -0.25) is 4.79 Å². The van der Waals surface area contributed by atoms with Gasteiger partial charge in [-0.05, 0) is 45.2 Å². The van der Waals surface area contributed by atoms with Crippen molar-refractivity contribution in [3.63, 3.8) is 0 Å². The Labute approximate surface area is 148 Å². The molecule has 1 aromatic carbocycles. The Morgan fingerprint density at radius 1 is 1.24 bits per heavy atom. The molecule has 0 spiro atoms. The summed E-state index contributed by atoms with van der Waals surface area (Å²) in [6.07, 6.45) is -1.23. The number of nitrogens with zero attached hydrogens (tertiary/aromatic N) is 2. The number of carbonyl (C=O) groups excluding carboxylic acids is 1. The highest BCUT2D eigenvalue weighted by atomic mass is 32.1. The van der Waals surface area contributed by atoms with Crippen LogP contribution in [0.2, 0.25) is 0 Å². The maximum Gasteiger partial charge on any atom is 0.416 e. The average Bonchev–Trinajstić information content (AvgIpc) is 2.96. The number of hydrogen-bond donors (Lipinski definition) is 0. The zero-order chi connectivity index (χ0) is 18.2. The van der Waals surface area contributed by atoms with Crippen molar-refractivity contribution in [3.05, 3.63) is 40.4 Å². The van der Waals surface area contributed by atoms with Crippen molar-refractivity contribution in [2.45, 2.75) is 45.3 Å². The second-order valence-corrected chi connectivity index (χ2v) is 7.35. The van der Waals surface area contributed by atoms with Crippen molar-refractivity contribution in [1.29, 1.82) is 0 Å². The highest BCUT2D eigenvalue weighted by molar-refractivity contribution is 7.17. The van der Waals surface area contributed by atoms with Crippen molar-refractivity contribution in [3.8, 4) is 10.6 Å². The Morgan fingerprint density at radius 3 is 2.52 bits per heavy atom. The van der Waals surface area contributed by atoms with E-state index in [1.165, 1.54) is 23.5 Å². The predicted octanol–water partition coefficient (Wildman–Crippen LogP) is 5.15. The number of carbonyl (C=O) groups is 1. The lowest BCUT2D eigenvalue weighted by Gasteiger charge is -2.33. The molecule has 1 fully saturated rings. The van der Waals surface area contributed by atoms with Crippen LogP contribution in [0.1, 0.15) is 47.1 Å². The molecule has 1 saturated heterocycles. The van der Waals surface area contributed by atoms with Crippen LogP contribution >= 0.6 is 11.3 Å². The van der Waals surface area contributed by atoms with Gasteiger partial charge in [-0.1, -0.05) is 12.1 Å². The summed E-state index contributed by atoms with van der Waals surface area (Å²) in [6, 6.07) is 5.09. The first-order valence-corrected chi connectivity index (χ1v) is 9.05. The largest absolute Gasteiger partial charge is 0.416 e. The predicted molar refractivity (Wildman–Crippen MR) is 91.6 cm³/mol. The molecule has 0 aliphatic carbocycles. The Hall–Kier alpha value is -1.89. The van der Waals surface area contributed by atoms with Crippen LogP contribution in [0.5, 0.6) is 0 Å². The first-order valence-electron chi connectivity index (χ1n) is 8.23. The SMILES string of the molecule is Cc1nc(-c2ccc(C(F)(F)F)cc2)sc1C(=O)N1CCCC[C@H]1C. The minimum absolute atomic E-state index is 0.0274. The number of amides is 1. The molecule has 2 heterocycles. The fourth-order valence-electron chi connectivity index (χ4n) is 3.05. The number of likely N-dealkylation sites (tertiary alicyclic amines) is 1. The van der Waals surface area contributed by atoms with Crippen LogP contribution in [0, 0.1) is 6.92 Å². The fourth-order valence-corrected chi connectivity index (χ4v) is 4.08. The molecule has 0 radical (unpaired) electrons. The van der Waals surface area contributed by atoms with Crippen LogP contribution in [0.25, 0.3) is 10.6 Å². The number of alkyl halides is 3. The van der Waals surface area contributed by atoms with Gasteiger partial charge < -0.3 is 4.90 Å². The van der Waals surface area contributed by atoms with E-state index in [-0.39, 0.29) is 11.9 Å². The lowest BCUT2D eigenvalue weighted by Crippen LogP contribution is -2.41. The number of thiazole rings is 1. The molecule has 3 nitrogen and oxygen atoms in total. The standard InChI is InChI=1S/C18H19F3N2OS/c1-11-5-3-4-10-23(11)17(24)15-12(2)22-16(25-15)13-6-8-14(9-7-13)18(19,20)21/h6-9,11H,3-5,10H2,1-2H3/t11-/m1/s1. The number of piperidine rings is 1. The molecule has 1 amide bonds. The van der Waals surface area contributed by atoms with E-state index in [1.54, 1.807) is 6.92 Å². The molecule has 1 aliphatic rings. The minimum atomic E-state index is -4.36. The van der Waals surface area contributed by atoms with E-state index < -0.39 is 11.7 Å². The molecular formula is C18H19F3N2OS. The van der Waals surface area contributed by atoms with E-state index in [9.17, 15) is 18.0 Å². The van der Waals surface area contributed by atoms with Crippen molar-refractivity contribution in [2.24, 2.45) is 0 Å². The highest BCUT2D eigenvalue weighted by Crippen LogP contribution is 2.33. The smallest absolute Gasteiger partial charge is 0.335 e. The number of aryl methyl sites for hydroxylation is 1. The van der Waals surface area contributed by atoms with E-state index in [0.717, 1.165) is 37.9 Å². The summed E-state index contributed by atoms with van der Waals surface area (Å²) < 4.78 is 38.0. The van der Waals surface area contributed by atoms with Gasteiger partial charge in [0.25, 0.3) is 5.91 Å². The first-order chi connectivity index (χ1) is 11.8. The summed E-state index contributed by atoms with van der Waals surface area (Å²) in [5.74, 6) is -0.0274. The fraction of sp³-hybridized carbons (Fsp3) is 0.444. The molecule has 0 bridgehead atoms. The molecule has 3 rings (SSSR count). The summed E-state index contributed by atoms with van der Waals surface area (Å²) in [4.78, 5) is 19.7. The van der Waals surface area contributed by atoms with Gasteiger partial charge in [0, 0.05) is 18.2 Å². The van der Waals surface area contributed by atoms with Crippen LogP contribution in [0.15, 0.2) is 24.3 Å². The molecule has 0 unspecified atom stereocenters. The number of halogens is 3. The van der Waals surface area contributed by atoms with Gasteiger partial charge in [0.15, 0.2) is 0 Å². The molecule has 7 heteroatoms. The monoisotopic (exact) mass is 368 g/mol. The molecule has 0 saturated carbocycles. The van der Waals surface area contributed by atoms with E-state index >= 15 is 0 Å². The molecule has 0 N–H and O–H groups in total. The minimum Gasteiger partial charge on any atom is -0.335 e. The Bertz CT molecular complexity index is 768. The maximum absolute atomic E-state index is 12.8. The van der Waals surface area contributed by atoms with Crippen molar-refractivity contribution in [2.75, 3.05) is 6.54 Å². The van der Waals surface area contributed by atoms with Crippen LogP contribution in [0.4, 0.5) is 13.2 Å². The zero-order valence-corrected chi connectivity index (χ0v) is 14.9. The van der Waals surface area contributed by atoms with Crippen molar-refractivity contribution < 1.29 is 18.0 Å². The second-order valence-electron chi connectivity index (χ2n) is 6.35. The first kappa shape index (κ1) is 17.9. The van der Waals surface area contributed by atoms with Crippen molar-refractivity contribution >= 4 is 17.2 Å². The van der Waals surface area contributed by atoms with Gasteiger partial charge in [0.05, 0.1) is 11.3 Å². The number of rotatable bonds is 2. The number of hydrogen-bond acceptors (Lipinski definition) is 3. The Balaban J connectivity index is 1.86. The lowest BCUT2D eigenvalue weighted by molar-refractivity contribution is -0.137. The van der Waals surface area contributed by atoms with Gasteiger partial charge in [0.1, 0.15) is 9.88 Å². The van der Waals surface area contributed by atoms with Crippen LogP contribution in [-0.2, 0) is 6.18 Å². The third kappa shape index (κ3) is 3.71. The summed E-state index contributed by atoms with van der Waals surface area (Å²) in [5, 5.41) is 0.569. The molecule has 25 heavy (non-hydrogen) atoms. The quantitative estimate of drug-likeness (QED) is 0.734. The van der Waals surface area contributed by atoms with Gasteiger partial charge in [-0.2, -0.15) is 13.2 Å². The van der Waals surface area contributed by atoms with E-state index in [1.807, 2.05) is 11.8 Å². The van der Waals surface area contributed by atoms with Crippen molar-refractivity contribution in [1.82, 2.24) is 9.88 Å². The van der Waals surface area contributed by atoms with Crippen LogP contribution < -0.4 is 0 Å². The molecule has 1 aromatic heterocycles. The van der Waals surface area contributed by atoms with Crippen LogP contribution in [0.3, 0.4) is 0 Å². The molecule has 2 aromatic rings.